The number of hydrogen-bond donors (Lipinski definition) is 2. The Morgan fingerprint density at radius 1 is 1.29 bits per heavy atom. The number of pyridine rings is 2. The van der Waals surface area contributed by atoms with Gasteiger partial charge in [-0.15, -0.1) is 0 Å². The van der Waals surface area contributed by atoms with Crippen LogP contribution in [0.1, 0.15) is 21.6 Å². The summed E-state index contributed by atoms with van der Waals surface area (Å²) in [5.41, 5.74) is 2.07. The van der Waals surface area contributed by atoms with Crippen LogP contribution in [0.4, 0.5) is 11.5 Å². The zero-order valence-electron chi connectivity index (χ0n) is 13.8. The topological polar surface area (TPSA) is 87.3 Å². The monoisotopic (exact) mass is 328 g/mol. The predicted octanol–water partition coefficient (Wildman–Crippen LogP) is 1.48. The molecule has 2 aromatic heterocycles. The molecule has 2 aromatic rings. The van der Waals surface area contributed by atoms with Gasteiger partial charge in [0.15, 0.2) is 0 Å². The first-order valence-corrected chi connectivity index (χ1v) is 7.85. The van der Waals surface area contributed by atoms with E-state index in [9.17, 15) is 9.59 Å². The number of nitrogens with zero attached hydrogens (tertiary/aromatic N) is 2. The number of hydrogen-bond acceptors (Lipinski definition) is 5. The quantitative estimate of drug-likeness (QED) is 0.891. The lowest BCUT2D eigenvalue weighted by atomic mass is 10.1. The number of amides is 1. The fourth-order valence-corrected chi connectivity index (χ4v) is 2.78. The van der Waals surface area contributed by atoms with E-state index >= 15 is 0 Å². The Kier molecular flexibility index (Phi) is 4.61. The van der Waals surface area contributed by atoms with E-state index in [1.54, 1.807) is 32.2 Å². The molecule has 0 unspecified atom stereocenters. The molecule has 1 aliphatic heterocycles. The molecule has 0 aromatic carbocycles. The SMILES string of the molecule is Cc1cc(C)c(C(=O)Nc2ccc(N3CCOCC3)cn2)c(=O)[nH]1. The molecule has 0 atom stereocenters. The minimum atomic E-state index is -0.458. The number of anilines is 2. The van der Waals surface area contributed by atoms with Crippen molar-refractivity contribution in [1.82, 2.24) is 9.97 Å². The molecular weight excluding hydrogens is 308 g/mol. The summed E-state index contributed by atoms with van der Waals surface area (Å²) >= 11 is 0. The third kappa shape index (κ3) is 3.46. The zero-order chi connectivity index (χ0) is 17.1. The van der Waals surface area contributed by atoms with Crippen LogP contribution in [0, 0.1) is 13.8 Å². The van der Waals surface area contributed by atoms with Gasteiger partial charge in [0, 0.05) is 18.8 Å². The van der Waals surface area contributed by atoms with E-state index in [4.69, 9.17) is 4.74 Å². The number of carbonyl (C=O) groups is 1. The number of ether oxygens (including phenoxy) is 1. The van der Waals surface area contributed by atoms with E-state index < -0.39 is 11.5 Å². The van der Waals surface area contributed by atoms with Gasteiger partial charge >= 0.3 is 0 Å². The van der Waals surface area contributed by atoms with Crippen molar-refractivity contribution in [3.8, 4) is 0 Å². The largest absolute Gasteiger partial charge is 0.378 e. The highest BCUT2D eigenvalue weighted by Gasteiger charge is 2.16. The molecule has 2 N–H and O–H groups in total. The van der Waals surface area contributed by atoms with Gasteiger partial charge in [-0.25, -0.2) is 4.98 Å². The minimum Gasteiger partial charge on any atom is -0.378 e. The third-order valence-corrected chi connectivity index (χ3v) is 3.96. The number of aryl methyl sites for hydroxylation is 2. The second kappa shape index (κ2) is 6.84. The molecule has 1 aliphatic rings. The van der Waals surface area contributed by atoms with Gasteiger partial charge in [0.05, 0.1) is 25.1 Å². The number of aromatic nitrogens is 2. The van der Waals surface area contributed by atoms with Gasteiger partial charge in [0.25, 0.3) is 11.5 Å². The molecule has 0 radical (unpaired) electrons. The standard InChI is InChI=1S/C17H20N4O3/c1-11-9-12(2)19-16(22)15(11)17(23)20-14-4-3-13(10-18-14)21-5-7-24-8-6-21/h3-4,9-10H,5-8H2,1-2H3,(H,19,22)(H,18,20,23). The van der Waals surface area contributed by atoms with Crippen molar-refractivity contribution >= 4 is 17.4 Å². The summed E-state index contributed by atoms with van der Waals surface area (Å²) in [5, 5.41) is 2.68. The van der Waals surface area contributed by atoms with Crippen LogP contribution >= 0.6 is 0 Å². The Hall–Kier alpha value is -2.67. The molecule has 1 saturated heterocycles. The van der Waals surface area contributed by atoms with Gasteiger partial charge in [-0.2, -0.15) is 0 Å². The molecule has 126 valence electrons. The number of nitrogens with one attached hydrogen (secondary N) is 2. The molecule has 0 saturated carbocycles. The number of aromatic amines is 1. The van der Waals surface area contributed by atoms with Gasteiger partial charge in [0.2, 0.25) is 0 Å². The fourth-order valence-electron chi connectivity index (χ4n) is 2.78. The fraction of sp³-hybridized carbons (Fsp3) is 0.353. The minimum absolute atomic E-state index is 0.111. The van der Waals surface area contributed by atoms with Crippen LogP contribution < -0.4 is 15.8 Å². The molecule has 24 heavy (non-hydrogen) atoms. The summed E-state index contributed by atoms with van der Waals surface area (Å²) < 4.78 is 5.33. The number of H-pyrrole nitrogens is 1. The van der Waals surface area contributed by atoms with Crippen LogP contribution in [0.25, 0.3) is 0 Å². The second-order valence-electron chi connectivity index (χ2n) is 5.79. The molecule has 0 bridgehead atoms. The van der Waals surface area contributed by atoms with E-state index in [0.717, 1.165) is 24.5 Å². The van der Waals surface area contributed by atoms with Gasteiger partial charge in [-0.3, -0.25) is 9.59 Å². The maximum absolute atomic E-state index is 12.4. The first-order chi connectivity index (χ1) is 11.5. The number of carbonyl (C=O) groups excluding carboxylic acids is 1. The molecule has 1 amide bonds. The lowest BCUT2D eigenvalue weighted by Crippen LogP contribution is -2.36. The average Bonchev–Trinajstić information content (AvgIpc) is 2.55. The highest BCUT2D eigenvalue weighted by molar-refractivity contribution is 6.04. The van der Waals surface area contributed by atoms with E-state index in [1.807, 2.05) is 6.07 Å². The molecule has 1 fully saturated rings. The second-order valence-corrected chi connectivity index (χ2v) is 5.79. The molecule has 7 heteroatoms. The van der Waals surface area contributed by atoms with Crippen LogP contribution in [-0.4, -0.2) is 42.2 Å². The summed E-state index contributed by atoms with van der Waals surface area (Å²) in [6.45, 7) is 6.58. The van der Waals surface area contributed by atoms with Crippen LogP contribution in [0.3, 0.4) is 0 Å². The smallest absolute Gasteiger partial charge is 0.262 e. The normalized spacial score (nSPS) is 14.5. The molecule has 0 spiro atoms. The van der Waals surface area contributed by atoms with Crippen molar-refractivity contribution in [3.05, 3.63) is 51.6 Å². The molecule has 3 heterocycles. The highest BCUT2D eigenvalue weighted by atomic mass is 16.5. The van der Waals surface area contributed by atoms with Crippen molar-refractivity contribution in [2.45, 2.75) is 13.8 Å². The Morgan fingerprint density at radius 3 is 2.67 bits per heavy atom. The maximum Gasteiger partial charge on any atom is 0.262 e. The summed E-state index contributed by atoms with van der Waals surface area (Å²) in [7, 11) is 0. The van der Waals surface area contributed by atoms with Crippen LogP contribution in [0.5, 0.6) is 0 Å². The summed E-state index contributed by atoms with van der Waals surface area (Å²) in [6.07, 6.45) is 1.72. The van der Waals surface area contributed by atoms with Gasteiger partial charge < -0.3 is 19.9 Å². The number of morpholine rings is 1. The van der Waals surface area contributed by atoms with Gasteiger partial charge in [-0.1, -0.05) is 0 Å². The van der Waals surface area contributed by atoms with Crippen molar-refractivity contribution < 1.29 is 9.53 Å². The van der Waals surface area contributed by atoms with Crippen LogP contribution in [-0.2, 0) is 4.74 Å². The van der Waals surface area contributed by atoms with Crippen molar-refractivity contribution in [2.24, 2.45) is 0 Å². The predicted molar refractivity (Wildman–Crippen MR) is 91.8 cm³/mol. The van der Waals surface area contributed by atoms with E-state index in [2.05, 4.69) is 20.2 Å². The maximum atomic E-state index is 12.4. The summed E-state index contributed by atoms with van der Waals surface area (Å²) in [6, 6.07) is 5.41. The third-order valence-electron chi connectivity index (χ3n) is 3.96. The van der Waals surface area contributed by atoms with E-state index in [1.165, 1.54) is 0 Å². The zero-order valence-corrected chi connectivity index (χ0v) is 13.8. The molecular formula is C17H20N4O3. The summed E-state index contributed by atoms with van der Waals surface area (Å²) in [5.74, 6) is -0.0447. The van der Waals surface area contributed by atoms with E-state index in [-0.39, 0.29) is 5.56 Å². The van der Waals surface area contributed by atoms with Crippen molar-refractivity contribution in [1.29, 1.82) is 0 Å². The Balaban J connectivity index is 1.74. The van der Waals surface area contributed by atoms with Gasteiger partial charge in [-0.05, 0) is 37.6 Å². The molecule has 0 aliphatic carbocycles. The highest BCUT2D eigenvalue weighted by Crippen LogP contribution is 2.17. The Morgan fingerprint density at radius 2 is 2.04 bits per heavy atom. The van der Waals surface area contributed by atoms with Crippen molar-refractivity contribution in [2.75, 3.05) is 36.5 Å². The van der Waals surface area contributed by atoms with Crippen LogP contribution in [0.15, 0.2) is 29.2 Å². The lowest BCUT2D eigenvalue weighted by molar-refractivity contribution is 0.102. The van der Waals surface area contributed by atoms with Crippen molar-refractivity contribution in [3.63, 3.8) is 0 Å². The van der Waals surface area contributed by atoms with Crippen LogP contribution in [0.2, 0.25) is 0 Å². The first-order valence-electron chi connectivity index (χ1n) is 7.85. The first kappa shape index (κ1) is 16.2. The van der Waals surface area contributed by atoms with E-state index in [0.29, 0.717) is 24.6 Å². The van der Waals surface area contributed by atoms with Gasteiger partial charge in [0.1, 0.15) is 11.4 Å². The molecule has 3 rings (SSSR count). The number of rotatable bonds is 3. The molecule has 7 nitrogen and oxygen atoms in total. The lowest BCUT2D eigenvalue weighted by Gasteiger charge is -2.28. The summed E-state index contributed by atoms with van der Waals surface area (Å²) in [4.78, 5) is 33.4. The average molecular weight is 328 g/mol. The Labute approximate surface area is 139 Å². The Bertz CT molecular complexity index is 792.